The van der Waals surface area contributed by atoms with Gasteiger partial charge in [0.05, 0.1) is 5.69 Å². The predicted molar refractivity (Wildman–Crippen MR) is 58.4 cm³/mol. The monoisotopic (exact) mass is 215 g/mol. The average Bonchev–Trinajstić information content (AvgIpc) is 2.30. The minimum Gasteiger partial charge on any atom is -0.364 e. The third kappa shape index (κ3) is 1.83. The lowest BCUT2D eigenvalue weighted by Gasteiger charge is -2.04. The molecule has 0 fully saturated rings. The third-order valence-corrected chi connectivity index (χ3v) is 2.05. The molecule has 0 aliphatic heterocycles. The van der Waals surface area contributed by atoms with Crippen molar-refractivity contribution >= 4 is 5.91 Å². The number of benzene rings is 1. The molecule has 0 aliphatic rings. The third-order valence-electron chi connectivity index (χ3n) is 2.05. The summed E-state index contributed by atoms with van der Waals surface area (Å²) in [4.78, 5) is 22.5. The summed E-state index contributed by atoms with van der Waals surface area (Å²) in [5.74, 6) is -0.662. The Morgan fingerprint density at radius 1 is 1.12 bits per heavy atom. The largest absolute Gasteiger partial charge is 0.364 e. The Hall–Kier alpha value is -2.43. The summed E-state index contributed by atoms with van der Waals surface area (Å²) in [5.41, 5.74) is 5.44. The van der Waals surface area contributed by atoms with E-state index in [1.54, 1.807) is 24.3 Å². The first-order valence-corrected chi connectivity index (χ1v) is 4.64. The number of rotatable bonds is 2. The number of hydrogen-bond acceptors (Lipinski definition) is 3. The number of para-hydroxylation sites is 1. The molecule has 0 atom stereocenters. The summed E-state index contributed by atoms with van der Waals surface area (Å²) in [5, 5.41) is 3.87. The van der Waals surface area contributed by atoms with Gasteiger partial charge in [-0.3, -0.25) is 9.59 Å². The van der Waals surface area contributed by atoms with Gasteiger partial charge in [0.1, 0.15) is 5.69 Å². The highest BCUT2D eigenvalue weighted by molar-refractivity contribution is 5.90. The van der Waals surface area contributed by atoms with Gasteiger partial charge in [0, 0.05) is 6.07 Å². The lowest BCUT2D eigenvalue weighted by Crippen LogP contribution is -2.24. The van der Waals surface area contributed by atoms with Crippen LogP contribution < -0.4 is 11.3 Å². The Labute approximate surface area is 91.1 Å². The molecule has 2 aromatic rings. The zero-order valence-electron chi connectivity index (χ0n) is 8.33. The minimum absolute atomic E-state index is 0.0588. The smallest absolute Gasteiger partial charge is 0.271 e. The van der Waals surface area contributed by atoms with Gasteiger partial charge >= 0.3 is 0 Å². The van der Waals surface area contributed by atoms with Gasteiger partial charge in [-0.1, -0.05) is 18.2 Å². The normalized spacial score (nSPS) is 10.0. The van der Waals surface area contributed by atoms with E-state index in [0.717, 1.165) is 4.68 Å². The number of nitrogens with two attached hydrogens (primary N) is 1. The fourth-order valence-corrected chi connectivity index (χ4v) is 1.30. The molecule has 1 aromatic heterocycles. The van der Waals surface area contributed by atoms with Crippen LogP contribution in [0, 0.1) is 0 Å². The maximum atomic E-state index is 11.5. The summed E-state index contributed by atoms with van der Waals surface area (Å²) >= 11 is 0. The Bertz CT molecular complexity index is 575. The molecule has 5 heteroatoms. The van der Waals surface area contributed by atoms with E-state index in [-0.39, 0.29) is 11.3 Å². The zero-order valence-corrected chi connectivity index (χ0v) is 8.33. The number of amides is 1. The molecule has 80 valence electrons. The van der Waals surface area contributed by atoms with Crippen LogP contribution >= 0.6 is 0 Å². The van der Waals surface area contributed by atoms with Crippen LogP contribution in [0.5, 0.6) is 0 Å². The second kappa shape index (κ2) is 3.98. The molecular weight excluding hydrogens is 206 g/mol. The van der Waals surface area contributed by atoms with E-state index in [2.05, 4.69) is 5.10 Å². The van der Waals surface area contributed by atoms with E-state index >= 15 is 0 Å². The molecule has 5 nitrogen and oxygen atoms in total. The van der Waals surface area contributed by atoms with Gasteiger partial charge in [-0.25, -0.2) is 0 Å². The Morgan fingerprint density at radius 2 is 1.81 bits per heavy atom. The van der Waals surface area contributed by atoms with Crippen molar-refractivity contribution in [2.24, 2.45) is 5.73 Å². The maximum Gasteiger partial charge on any atom is 0.271 e. The summed E-state index contributed by atoms with van der Waals surface area (Å²) in [6.45, 7) is 0. The molecule has 0 saturated heterocycles. The molecule has 0 saturated carbocycles. The van der Waals surface area contributed by atoms with E-state index in [4.69, 9.17) is 5.73 Å². The van der Waals surface area contributed by atoms with Crippen molar-refractivity contribution in [3.8, 4) is 5.69 Å². The lowest BCUT2D eigenvalue weighted by atomic mass is 10.3. The number of aromatic nitrogens is 2. The van der Waals surface area contributed by atoms with Crippen molar-refractivity contribution in [1.82, 2.24) is 9.78 Å². The van der Waals surface area contributed by atoms with E-state index in [1.165, 1.54) is 12.1 Å². The average molecular weight is 215 g/mol. The quantitative estimate of drug-likeness (QED) is 0.784. The van der Waals surface area contributed by atoms with Crippen LogP contribution in [0.4, 0.5) is 0 Å². The SMILES string of the molecule is NC(=O)c1ccc(=O)n(-c2ccccc2)n1. The first kappa shape index (κ1) is 10.1. The predicted octanol–water partition coefficient (Wildman–Crippen LogP) is 0.331. The molecule has 16 heavy (non-hydrogen) atoms. The van der Waals surface area contributed by atoms with Crippen molar-refractivity contribution in [1.29, 1.82) is 0 Å². The molecule has 0 bridgehead atoms. The standard InChI is InChI=1S/C11H9N3O2/c12-11(16)9-6-7-10(15)14(13-9)8-4-2-1-3-5-8/h1-7H,(H2,12,16). The lowest BCUT2D eigenvalue weighted by molar-refractivity contribution is 0.0994. The molecule has 2 N–H and O–H groups in total. The highest BCUT2D eigenvalue weighted by Gasteiger charge is 2.06. The second-order valence-corrected chi connectivity index (χ2v) is 3.17. The molecule has 0 spiro atoms. The maximum absolute atomic E-state index is 11.5. The molecule has 1 amide bonds. The summed E-state index contributed by atoms with van der Waals surface area (Å²) in [6, 6.07) is 11.4. The second-order valence-electron chi connectivity index (χ2n) is 3.17. The molecule has 1 aromatic carbocycles. The van der Waals surface area contributed by atoms with Crippen LogP contribution in [0.3, 0.4) is 0 Å². The Morgan fingerprint density at radius 3 is 2.44 bits per heavy atom. The van der Waals surface area contributed by atoms with Crippen LogP contribution in [0.15, 0.2) is 47.3 Å². The van der Waals surface area contributed by atoms with E-state index in [0.29, 0.717) is 5.69 Å². The zero-order chi connectivity index (χ0) is 11.5. The van der Waals surface area contributed by atoms with Gasteiger partial charge in [0.15, 0.2) is 0 Å². The van der Waals surface area contributed by atoms with Crippen LogP contribution in [0.1, 0.15) is 10.5 Å². The van der Waals surface area contributed by atoms with Gasteiger partial charge in [-0.05, 0) is 18.2 Å². The minimum atomic E-state index is -0.662. The first-order valence-electron chi connectivity index (χ1n) is 4.64. The van der Waals surface area contributed by atoms with Crippen molar-refractivity contribution in [3.05, 3.63) is 58.5 Å². The highest BCUT2D eigenvalue weighted by Crippen LogP contribution is 2.02. The molecule has 0 aliphatic carbocycles. The van der Waals surface area contributed by atoms with Crippen molar-refractivity contribution < 1.29 is 4.79 Å². The van der Waals surface area contributed by atoms with E-state index in [9.17, 15) is 9.59 Å². The van der Waals surface area contributed by atoms with Crippen LogP contribution in [0.2, 0.25) is 0 Å². The van der Waals surface area contributed by atoms with E-state index in [1.807, 2.05) is 6.07 Å². The highest BCUT2D eigenvalue weighted by atomic mass is 16.1. The molecule has 2 rings (SSSR count). The molecular formula is C11H9N3O2. The van der Waals surface area contributed by atoms with Gasteiger partial charge in [-0.15, -0.1) is 0 Å². The number of nitrogens with zero attached hydrogens (tertiary/aromatic N) is 2. The van der Waals surface area contributed by atoms with Gasteiger partial charge < -0.3 is 5.73 Å². The first-order chi connectivity index (χ1) is 7.68. The number of carbonyl (C=O) groups is 1. The number of hydrogen-bond donors (Lipinski definition) is 1. The summed E-state index contributed by atoms with van der Waals surface area (Å²) in [7, 11) is 0. The topological polar surface area (TPSA) is 78.0 Å². The number of carbonyl (C=O) groups excluding carboxylic acids is 1. The van der Waals surface area contributed by atoms with Crippen LogP contribution in [-0.4, -0.2) is 15.7 Å². The van der Waals surface area contributed by atoms with Crippen molar-refractivity contribution in [2.45, 2.75) is 0 Å². The van der Waals surface area contributed by atoms with Gasteiger partial charge in [0.25, 0.3) is 11.5 Å². The number of primary amides is 1. The molecule has 0 radical (unpaired) electrons. The summed E-state index contributed by atoms with van der Waals surface area (Å²) < 4.78 is 1.14. The Balaban J connectivity index is 2.61. The van der Waals surface area contributed by atoms with E-state index < -0.39 is 5.91 Å². The molecule has 1 heterocycles. The van der Waals surface area contributed by atoms with Crippen molar-refractivity contribution in [2.75, 3.05) is 0 Å². The van der Waals surface area contributed by atoms with Gasteiger partial charge in [-0.2, -0.15) is 9.78 Å². The fraction of sp³-hybridized carbons (Fsp3) is 0. The van der Waals surface area contributed by atoms with Crippen LogP contribution in [0.25, 0.3) is 5.69 Å². The Kier molecular flexibility index (Phi) is 2.51. The van der Waals surface area contributed by atoms with Crippen molar-refractivity contribution in [3.63, 3.8) is 0 Å². The van der Waals surface area contributed by atoms with Gasteiger partial charge in [0.2, 0.25) is 0 Å². The fourth-order valence-electron chi connectivity index (χ4n) is 1.30. The summed E-state index contributed by atoms with van der Waals surface area (Å²) in [6.07, 6.45) is 0. The molecule has 0 unspecified atom stereocenters. The van der Waals surface area contributed by atoms with Crippen LogP contribution in [-0.2, 0) is 0 Å².